The number of amides is 2. The van der Waals surface area contributed by atoms with Crippen molar-refractivity contribution in [2.45, 2.75) is 45.0 Å². The van der Waals surface area contributed by atoms with E-state index >= 15 is 0 Å². The number of thiophene rings is 1. The van der Waals surface area contributed by atoms with E-state index in [4.69, 9.17) is 21.1 Å². The molecule has 2 aromatic rings. The standard InChI is InChI=1S/C22H26ClN3O4S/c1-3-29-18-12-26(11-17(18)25-22(28)30-20-7-6-19(23)31-20)21(27)14-4-5-15-10-24-13(2)8-16(15)9-14/h4-7,9,13,17-18,24H,3,8,10-12H2,1-2H3,(H,25,28). The van der Waals surface area contributed by atoms with Crippen molar-refractivity contribution in [2.75, 3.05) is 19.7 Å². The molecule has 0 saturated carbocycles. The number of halogens is 1. The first kappa shape index (κ1) is 22.1. The van der Waals surface area contributed by atoms with E-state index in [1.807, 2.05) is 25.1 Å². The summed E-state index contributed by atoms with van der Waals surface area (Å²) >= 11 is 7.06. The average Bonchev–Trinajstić information content (AvgIpc) is 3.33. The molecule has 166 valence electrons. The van der Waals surface area contributed by atoms with E-state index in [2.05, 4.69) is 17.6 Å². The summed E-state index contributed by atoms with van der Waals surface area (Å²) in [7, 11) is 0. The number of rotatable bonds is 5. The summed E-state index contributed by atoms with van der Waals surface area (Å²) in [6.07, 6.45) is 0.0221. The van der Waals surface area contributed by atoms with Crippen molar-refractivity contribution in [3.8, 4) is 5.06 Å². The fraction of sp³-hybridized carbons (Fsp3) is 0.455. The molecule has 2 aliphatic rings. The van der Waals surface area contributed by atoms with Gasteiger partial charge in [-0.05, 0) is 55.7 Å². The maximum Gasteiger partial charge on any atom is 0.413 e. The zero-order valence-corrected chi connectivity index (χ0v) is 19.1. The van der Waals surface area contributed by atoms with E-state index in [0.717, 1.165) is 13.0 Å². The minimum absolute atomic E-state index is 0.0543. The molecule has 2 aliphatic heterocycles. The highest BCUT2D eigenvalue weighted by molar-refractivity contribution is 7.17. The van der Waals surface area contributed by atoms with Crippen molar-refractivity contribution in [3.63, 3.8) is 0 Å². The Hall–Kier alpha value is -2.13. The van der Waals surface area contributed by atoms with Crippen molar-refractivity contribution in [3.05, 3.63) is 51.4 Å². The van der Waals surface area contributed by atoms with Gasteiger partial charge < -0.3 is 25.0 Å². The van der Waals surface area contributed by atoms with E-state index in [0.29, 0.717) is 40.7 Å². The quantitative estimate of drug-likeness (QED) is 0.709. The molecule has 3 unspecified atom stereocenters. The second-order valence-corrected chi connectivity index (χ2v) is 9.55. The molecular weight excluding hydrogens is 438 g/mol. The van der Waals surface area contributed by atoms with Crippen LogP contribution in [0.2, 0.25) is 4.34 Å². The molecular formula is C22H26ClN3O4S. The molecule has 0 aliphatic carbocycles. The zero-order valence-electron chi connectivity index (χ0n) is 17.5. The molecule has 1 aromatic carbocycles. The fourth-order valence-corrected chi connectivity index (χ4v) is 4.95. The zero-order chi connectivity index (χ0) is 22.0. The van der Waals surface area contributed by atoms with Crippen LogP contribution in [0, 0.1) is 0 Å². The normalized spacial score (nSPS) is 22.8. The van der Waals surface area contributed by atoms with Crippen LogP contribution in [-0.4, -0.2) is 54.8 Å². The van der Waals surface area contributed by atoms with E-state index in [-0.39, 0.29) is 18.1 Å². The van der Waals surface area contributed by atoms with Crippen molar-refractivity contribution in [2.24, 2.45) is 0 Å². The Balaban J connectivity index is 1.42. The van der Waals surface area contributed by atoms with Gasteiger partial charge in [-0.15, -0.1) is 0 Å². The summed E-state index contributed by atoms with van der Waals surface area (Å²) in [4.78, 5) is 27.3. The van der Waals surface area contributed by atoms with Gasteiger partial charge in [0.1, 0.15) is 0 Å². The van der Waals surface area contributed by atoms with Crippen LogP contribution in [-0.2, 0) is 17.7 Å². The Bertz CT molecular complexity index is 966. The largest absolute Gasteiger partial charge is 0.413 e. The van der Waals surface area contributed by atoms with Crippen LogP contribution in [0.4, 0.5) is 4.79 Å². The highest BCUT2D eigenvalue weighted by Crippen LogP contribution is 2.28. The number of hydrogen-bond donors (Lipinski definition) is 2. The summed E-state index contributed by atoms with van der Waals surface area (Å²) < 4.78 is 11.6. The van der Waals surface area contributed by atoms with Gasteiger partial charge in [0.25, 0.3) is 5.91 Å². The Labute approximate surface area is 190 Å². The highest BCUT2D eigenvalue weighted by Gasteiger charge is 2.37. The number of nitrogens with one attached hydrogen (secondary N) is 2. The van der Waals surface area contributed by atoms with Gasteiger partial charge in [0.15, 0.2) is 5.06 Å². The number of hydrogen-bond acceptors (Lipinski definition) is 6. The first-order chi connectivity index (χ1) is 14.9. The Morgan fingerprint density at radius 2 is 2.10 bits per heavy atom. The third kappa shape index (κ3) is 5.20. The molecule has 1 fully saturated rings. The fourth-order valence-electron chi connectivity index (χ4n) is 4.08. The van der Waals surface area contributed by atoms with Gasteiger partial charge in [-0.25, -0.2) is 4.79 Å². The van der Waals surface area contributed by atoms with Crippen LogP contribution < -0.4 is 15.4 Å². The van der Waals surface area contributed by atoms with Crippen molar-refractivity contribution < 1.29 is 19.1 Å². The number of likely N-dealkylation sites (tertiary alicyclic amines) is 1. The maximum atomic E-state index is 13.2. The molecule has 31 heavy (non-hydrogen) atoms. The molecule has 3 atom stereocenters. The monoisotopic (exact) mass is 463 g/mol. The topological polar surface area (TPSA) is 79.9 Å². The number of ether oxygens (including phenoxy) is 2. The lowest BCUT2D eigenvalue weighted by Gasteiger charge is -2.24. The van der Waals surface area contributed by atoms with E-state index in [1.165, 1.54) is 22.5 Å². The van der Waals surface area contributed by atoms with Gasteiger partial charge in [-0.1, -0.05) is 29.0 Å². The minimum atomic E-state index is -0.585. The van der Waals surface area contributed by atoms with Gasteiger partial charge in [0.05, 0.1) is 16.5 Å². The SMILES string of the molecule is CCOC1CN(C(=O)c2ccc3c(c2)CC(C)NC3)CC1NC(=O)Oc1ccc(Cl)s1. The predicted molar refractivity (Wildman–Crippen MR) is 120 cm³/mol. The molecule has 1 saturated heterocycles. The molecule has 4 rings (SSSR count). The van der Waals surface area contributed by atoms with Crippen LogP contribution in [0.25, 0.3) is 0 Å². The lowest BCUT2D eigenvalue weighted by molar-refractivity contribution is 0.0504. The molecule has 7 nitrogen and oxygen atoms in total. The van der Waals surface area contributed by atoms with Gasteiger partial charge in [0.2, 0.25) is 0 Å². The number of carbonyl (C=O) groups excluding carboxylic acids is 2. The second kappa shape index (κ2) is 9.56. The van der Waals surface area contributed by atoms with Crippen LogP contribution >= 0.6 is 22.9 Å². The molecule has 0 spiro atoms. The number of nitrogens with zero attached hydrogens (tertiary/aromatic N) is 1. The average molecular weight is 464 g/mol. The van der Waals surface area contributed by atoms with Crippen LogP contribution in [0.5, 0.6) is 5.06 Å². The van der Waals surface area contributed by atoms with Crippen LogP contribution in [0.3, 0.4) is 0 Å². The Morgan fingerprint density at radius 1 is 1.26 bits per heavy atom. The number of benzene rings is 1. The molecule has 0 bridgehead atoms. The maximum absolute atomic E-state index is 13.2. The van der Waals surface area contributed by atoms with Gasteiger partial charge in [-0.3, -0.25) is 4.79 Å². The molecule has 2 N–H and O–H groups in total. The summed E-state index contributed by atoms with van der Waals surface area (Å²) in [5.41, 5.74) is 3.12. The van der Waals surface area contributed by atoms with Crippen molar-refractivity contribution in [1.29, 1.82) is 0 Å². The lowest BCUT2D eigenvalue weighted by atomic mass is 9.94. The molecule has 1 aromatic heterocycles. The first-order valence-electron chi connectivity index (χ1n) is 10.4. The summed E-state index contributed by atoms with van der Waals surface area (Å²) in [5, 5.41) is 6.69. The number of carbonyl (C=O) groups is 2. The summed E-state index contributed by atoms with van der Waals surface area (Å²) in [6.45, 7) is 6.13. The van der Waals surface area contributed by atoms with E-state index in [1.54, 1.807) is 17.0 Å². The summed E-state index contributed by atoms with van der Waals surface area (Å²) in [5.74, 6) is -0.0543. The van der Waals surface area contributed by atoms with Crippen LogP contribution in [0.15, 0.2) is 30.3 Å². The number of fused-ring (bicyclic) bond motifs is 1. The van der Waals surface area contributed by atoms with E-state index < -0.39 is 6.09 Å². The first-order valence-corrected chi connectivity index (χ1v) is 11.6. The van der Waals surface area contributed by atoms with Gasteiger partial charge in [0, 0.05) is 37.8 Å². The molecule has 2 amide bonds. The van der Waals surface area contributed by atoms with Gasteiger partial charge in [-0.2, -0.15) is 0 Å². The molecule has 9 heteroatoms. The minimum Gasteiger partial charge on any atom is -0.399 e. The smallest absolute Gasteiger partial charge is 0.399 e. The van der Waals surface area contributed by atoms with E-state index in [9.17, 15) is 9.59 Å². The lowest BCUT2D eigenvalue weighted by Crippen LogP contribution is -2.45. The van der Waals surface area contributed by atoms with Crippen LogP contribution in [0.1, 0.15) is 35.3 Å². The summed E-state index contributed by atoms with van der Waals surface area (Å²) in [6, 6.07) is 9.26. The Morgan fingerprint density at radius 3 is 2.84 bits per heavy atom. The van der Waals surface area contributed by atoms with Gasteiger partial charge >= 0.3 is 6.09 Å². The van der Waals surface area contributed by atoms with Crippen molar-refractivity contribution in [1.82, 2.24) is 15.5 Å². The third-order valence-corrected chi connectivity index (χ3v) is 6.71. The Kier molecular flexibility index (Phi) is 6.81. The second-order valence-electron chi connectivity index (χ2n) is 7.87. The predicted octanol–water partition coefficient (Wildman–Crippen LogP) is 3.45. The molecule has 0 radical (unpaired) electrons. The molecule has 3 heterocycles. The third-order valence-electron chi connectivity index (χ3n) is 5.60. The van der Waals surface area contributed by atoms with Crippen molar-refractivity contribution >= 4 is 34.9 Å². The highest BCUT2D eigenvalue weighted by atomic mass is 35.5.